The number of amides is 1. The van der Waals surface area contributed by atoms with Crippen molar-refractivity contribution in [3.8, 4) is 0 Å². The van der Waals surface area contributed by atoms with E-state index in [1.165, 1.54) is 17.8 Å². The van der Waals surface area contributed by atoms with Crippen molar-refractivity contribution in [3.05, 3.63) is 40.9 Å². The highest BCUT2D eigenvalue weighted by molar-refractivity contribution is 7.93. The molecule has 0 spiro atoms. The van der Waals surface area contributed by atoms with Crippen LogP contribution in [0, 0.1) is 6.92 Å². The minimum Gasteiger partial charge on any atom is -0.353 e. The second-order valence-electron chi connectivity index (χ2n) is 6.64. The molecule has 0 unspecified atom stereocenters. The van der Waals surface area contributed by atoms with E-state index in [4.69, 9.17) is 0 Å². The third kappa shape index (κ3) is 5.04. The number of nitrogens with one attached hydrogen (secondary N) is 2. The Bertz CT molecular complexity index is 854. The molecule has 1 aromatic carbocycles. The number of hydrogen-bond acceptors (Lipinski definition) is 5. The Morgan fingerprint density at radius 3 is 2.58 bits per heavy atom. The maximum atomic E-state index is 12.4. The largest absolute Gasteiger partial charge is 0.353 e. The molecule has 1 fully saturated rings. The first-order valence-corrected chi connectivity index (χ1v) is 11.1. The van der Waals surface area contributed by atoms with Crippen LogP contribution in [-0.2, 0) is 21.2 Å². The van der Waals surface area contributed by atoms with Crippen LogP contribution < -0.4 is 10.0 Å². The van der Waals surface area contributed by atoms with Crippen LogP contribution in [0.4, 0.5) is 5.13 Å². The lowest BCUT2D eigenvalue weighted by Gasteiger charge is -2.22. The van der Waals surface area contributed by atoms with Gasteiger partial charge in [-0.1, -0.05) is 37.0 Å². The van der Waals surface area contributed by atoms with E-state index < -0.39 is 10.0 Å². The van der Waals surface area contributed by atoms with Gasteiger partial charge in [-0.2, -0.15) is 0 Å². The molecule has 0 radical (unpaired) electrons. The molecule has 1 heterocycles. The monoisotopic (exact) mass is 393 g/mol. The molecule has 0 aliphatic heterocycles. The molecule has 1 aromatic heterocycles. The molecule has 1 aliphatic carbocycles. The van der Waals surface area contributed by atoms with Crippen molar-refractivity contribution in [1.82, 2.24) is 10.3 Å². The molecule has 1 amide bonds. The first-order valence-electron chi connectivity index (χ1n) is 8.76. The molecule has 0 saturated heterocycles. The summed E-state index contributed by atoms with van der Waals surface area (Å²) >= 11 is 1.18. The highest BCUT2D eigenvalue weighted by Crippen LogP contribution is 2.21. The summed E-state index contributed by atoms with van der Waals surface area (Å²) in [6, 6.07) is 6.87. The fraction of sp³-hybridized carbons (Fsp3) is 0.444. The Hall–Kier alpha value is -1.93. The van der Waals surface area contributed by atoms with Crippen LogP contribution in [0.1, 0.15) is 43.4 Å². The molecule has 1 saturated carbocycles. The number of carbonyl (C=O) groups excluding carboxylic acids is 1. The lowest BCUT2D eigenvalue weighted by atomic mass is 9.95. The summed E-state index contributed by atoms with van der Waals surface area (Å²) in [5.41, 5.74) is 1.56. The van der Waals surface area contributed by atoms with Crippen molar-refractivity contribution >= 4 is 32.4 Å². The average molecular weight is 394 g/mol. The standard InChI is InChI=1S/C18H23N3O3S2/c1-13-7-9-16(10-8-13)26(23,24)21-18-20-15(12-25-18)11-17(22)19-14-5-3-2-4-6-14/h7-10,12,14H,2-6,11H2,1H3,(H,19,22)(H,20,21). The van der Waals surface area contributed by atoms with Gasteiger partial charge in [-0.15, -0.1) is 11.3 Å². The van der Waals surface area contributed by atoms with E-state index in [1.54, 1.807) is 29.6 Å². The number of rotatable bonds is 6. The number of anilines is 1. The average Bonchev–Trinajstić information content (AvgIpc) is 3.02. The van der Waals surface area contributed by atoms with Gasteiger partial charge >= 0.3 is 0 Å². The lowest BCUT2D eigenvalue weighted by Crippen LogP contribution is -2.37. The number of benzene rings is 1. The topological polar surface area (TPSA) is 88.2 Å². The molecule has 2 N–H and O–H groups in total. The van der Waals surface area contributed by atoms with E-state index in [0.717, 1.165) is 31.2 Å². The van der Waals surface area contributed by atoms with E-state index in [2.05, 4.69) is 15.0 Å². The zero-order chi connectivity index (χ0) is 18.6. The van der Waals surface area contributed by atoms with Crippen LogP contribution in [-0.4, -0.2) is 25.4 Å². The van der Waals surface area contributed by atoms with Gasteiger partial charge in [0.1, 0.15) is 0 Å². The lowest BCUT2D eigenvalue weighted by molar-refractivity contribution is -0.121. The second kappa shape index (κ2) is 8.18. The fourth-order valence-electron chi connectivity index (χ4n) is 3.02. The van der Waals surface area contributed by atoms with Gasteiger partial charge in [-0.05, 0) is 31.9 Å². The Labute approximate surface area is 158 Å². The quantitative estimate of drug-likeness (QED) is 0.789. The Morgan fingerprint density at radius 1 is 1.19 bits per heavy atom. The maximum Gasteiger partial charge on any atom is 0.263 e. The minimum absolute atomic E-state index is 0.0601. The SMILES string of the molecule is Cc1ccc(S(=O)(=O)Nc2nc(CC(=O)NC3CCCCC3)cs2)cc1. The van der Waals surface area contributed by atoms with Crippen molar-refractivity contribution in [2.24, 2.45) is 0 Å². The number of nitrogens with zero attached hydrogens (tertiary/aromatic N) is 1. The number of aromatic nitrogens is 1. The van der Waals surface area contributed by atoms with Crippen LogP contribution in [0.2, 0.25) is 0 Å². The summed E-state index contributed by atoms with van der Waals surface area (Å²) < 4.78 is 27.2. The number of sulfonamides is 1. The second-order valence-corrected chi connectivity index (χ2v) is 9.18. The molecular formula is C18H23N3O3S2. The summed E-state index contributed by atoms with van der Waals surface area (Å²) in [6.45, 7) is 1.90. The van der Waals surface area contributed by atoms with Gasteiger partial charge in [0.2, 0.25) is 5.91 Å². The van der Waals surface area contributed by atoms with Gasteiger partial charge in [-0.25, -0.2) is 13.4 Å². The molecule has 0 atom stereocenters. The van der Waals surface area contributed by atoms with E-state index in [0.29, 0.717) is 5.69 Å². The molecule has 1 aliphatic rings. The van der Waals surface area contributed by atoms with E-state index in [9.17, 15) is 13.2 Å². The third-order valence-corrected chi connectivity index (χ3v) is 6.71. The van der Waals surface area contributed by atoms with Gasteiger partial charge in [0, 0.05) is 11.4 Å². The molecule has 2 aromatic rings. The Balaban J connectivity index is 1.58. The maximum absolute atomic E-state index is 12.4. The van der Waals surface area contributed by atoms with Crippen LogP contribution >= 0.6 is 11.3 Å². The normalized spacial score (nSPS) is 15.6. The van der Waals surface area contributed by atoms with Crippen molar-refractivity contribution in [2.45, 2.75) is 56.4 Å². The van der Waals surface area contributed by atoms with Gasteiger partial charge in [0.25, 0.3) is 10.0 Å². The summed E-state index contributed by atoms with van der Waals surface area (Å²) in [5, 5.41) is 5.03. The number of hydrogen-bond donors (Lipinski definition) is 2. The summed E-state index contributed by atoms with van der Waals surface area (Å²) in [5.74, 6) is -0.0601. The third-order valence-electron chi connectivity index (χ3n) is 4.42. The first-order chi connectivity index (χ1) is 12.4. The molecule has 6 nitrogen and oxygen atoms in total. The van der Waals surface area contributed by atoms with Crippen molar-refractivity contribution in [2.75, 3.05) is 4.72 Å². The van der Waals surface area contributed by atoms with Crippen molar-refractivity contribution < 1.29 is 13.2 Å². The van der Waals surface area contributed by atoms with Gasteiger partial charge in [0.05, 0.1) is 17.0 Å². The van der Waals surface area contributed by atoms with Crippen LogP contribution in [0.3, 0.4) is 0 Å². The predicted octanol–water partition coefficient (Wildman–Crippen LogP) is 3.24. The van der Waals surface area contributed by atoms with Crippen molar-refractivity contribution in [1.29, 1.82) is 0 Å². The first kappa shape index (κ1) is 18.8. The fourth-order valence-corrected chi connectivity index (χ4v) is 4.98. The molecule has 26 heavy (non-hydrogen) atoms. The predicted molar refractivity (Wildman–Crippen MR) is 103 cm³/mol. The van der Waals surface area contributed by atoms with Crippen LogP contribution in [0.25, 0.3) is 0 Å². The van der Waals surface area contributed by atoms with Crippen molar-refractivity contribution in [3.63, 3.8) is 0 Å². The molecule has 0 bridgehead atoms. The molecule has 3 rings (SSSR count). The summed E-state index contributed by atoms with van der Waals surface area (Å²) in [4.78, 5) is 16.6. The Kier molecular flexibility index (Phi) is 5.93. The van der Waals surface area contributed by atoms with E-state index in [1.807, 2.05) is 6.92 Å². The van der Waals surface area contributed by atoms with Gasteiger partial charge < -0.3 is 5.32 Å². The minimum atomic E-state index is -3.67. The van der Waals surface area contributed by atoms with E-state index >= 15 is 0 Å². The van der Waals surface area contributed by atoms with Gasteiger partial charge in [0.15, 0.2) is 5.13 Å². The summed E-state index contributed by atoms with van der Waals surface area (Å²) in [6.07, 6.45) is 5.79. The zero-order valence-corrected chi connectivity index (χ0v) is 16.3. The Morgan fingerprint density at radius 2 is 1.88 bits per heavy atom. The smallest absolute Gasteiger partial charge is 0.263 e. The zero-order valence-electron chi connectivity index (χ0n) is 14.7. The molecular weight excluding hydrogens is 370 g/mol. The van der Waals surface area contributed by atoms with Gasteiger partial charge in [-0.3, -0.25) is 9.52 Å². The van der Waals surface area contributed by atoms with Crippen LogP contribution in [0.5, 0.6) is 0 Å². The molecule has 8 heteroatoms. The summed E-state index contributed by atoms with van der Waals surface area (Å²) in [7, 11) is -3.67. The number of aryl methyl sites for hydroxylation is 1. The number of thiazole rings is 1. The highest BCUT2D eigenvalue weighted by atomic mass is 32.2. The number of carbonyl (C=O) groups is 1. The van der Waals surface area contributed by atoms with Crippen LogP contribution in [0.15, 0.2) is 34.5 Å². The van der Waals surface area contributed by atoms with E-state index in [-0.39, 0.29) is 28.4 Å². The highest BCUT2D eigenvalue weighted by Gasteiger charge is 2.18. The molecule has 140 valence electrons.